The van der Waals surface area contributed by atoms with E-state index in [1.807, 2.05) is 25.1 Å². The van der Waals surface area contributed by atoms with Gasteiger partial charge in [-0.3, -0.25) is 4.79 Å². The number of sulfonamides is 1. The first-order valence-electron chi connectivity index (χ1n) is 10.5. The molecule has 11 heteroatoms. The van der Waals surface area contributed by atoms with E-state index in [0.717, 1.165) is 15.2 Å². The van der Waals surface area contributed by atoms with E-state index in [2.05, 4.69) is 10.3 Å². The zero-order valence-electron chi connectivity index (χ0n) is 18.3. The topological polar surface area (TPSA) is 109 Å². The van der Waals surface area contributed by atoms with Crippen molar-refractivity contribution in [3.05, 3.63) is 53.0 Å². The molecular weight excluding hydrogens is 464 g/mol. The predicted octanol–water partition coefficient (Wildman–Crippen LogP) is 3.32. The summed E-state index contributed by atoms with van der Waals surface area (Å²) in [6.07, 6.45) is -0.436. The summed E-state index contributed by atoms with van der Waals surface area (Å²) in [5, 5.41) is 3.77. The third-order valence-corrected chi connectivity index (χ3v) is 8.14. The van der Waals surface area contributed by atoms with Crippen LogP contribution in [0.2, 0.25) is 0 Å². The summed E-state index contributed by atoms with van der Waals surface area (Å²) in [6.45, 7) is 4.82. The second kappa shape index (κ2) is 9.46. The quantitative estimate of drug-likeness (QED) is 0.590. The standard InChI is InChI=1S/C22H24N4O5S2/c1-3-31-22(28)25-10-12-26(13-11-25)33(29,30)18-7-4-16(5-8-18)21(27)24-17-6-9-20-19(14-17)23-15(2)32-20/h4-9,14H,3,10-13H2,1-2H3,(H,24,27). The molecule has 0 unspecified atom stereocenters. The monoisotopic (exact) mass is 488 g/mol. The Morgan fingerprint density at radius 3 is 2.45 bits per heavy atom. The van der Waals surface area contributed by atoms with Gasteiger partial charge in [0.25, 0.3) is 5.91 Å². The van der Waals surface area contributed by atoms with Crippen LogP contribution in [0.5, 0.6) is 0 Å². The fraction of sp³-hybridized carbons (Fsp3) is 0.318. The van der Waals surface area contributed by atoms with Gasteiger partial charge in [-0.25, -0.2) is 18.2 Å². The van der Waals surface area contributed by atoms with Crippen LogP contribution in [0.1, 0.15) is 22.3 Å². The maximum absolute atomic E-state index is 13.0. The Hall–Kier alpha value is -3.02. The Balaban J connectivity index is 1.41. The van der Waals surface area contributed by atoms with Gasteiger partial charge in [-0.05, 0) is 56.3 Å². The van der Waals surface area contributed by atoms with Crippen LogP contribution in [0.15, 0.2) is 47.4 Å². The molecule has 1 N–H and O–H groups in total. The summed E-state index contributed by atoms with van der Waals surface area (Å²) in [6, 6.07) is 11.4. The molecular formula is C22H24N4O5S2. The highest BCUT2D eigenvalue weighted by molar-refractivity contribution is 7.89. The molecule has 1 aliphatic heterocycles. The van der Waals surface area contributed by atoms with E-state index in [1.165, 1.54) is 33.5 Å². The molecule has 1 fully saturated rings. The van der Waals surface area contributed by atoms with Gasteiger partial charge in [0, 0.05) is 37.4 Å². The van der Waals surface area contributed by atoms with E-state index in [-0.39, 0.29) is 43.6 Å². The maximum atomic E-state index is 13.0. The lowest BCUT2D eigenvalue weighted by Gasteiger charge is -2.33. The summed E-state index contributed by atoms with van der Waals surface area (Å²) in [5.74, 6) is -0.340. The first kappa shape index (κ1) is 23.1. The number of anilines is 1. The molecule has 2 amide bonds. The normalized spacial score (nSPS) is 14.9. The molecule has 174 valence electrons. The van der Waals surface area contributed by atoms with E-state index in [9.17, 15) is 18.0 Å². The number of hydrogen-bond acceptors (Lipinski definition) is 7. The zero-order valence-corrected chi connectivity index (χ0v) is 19.9. The van der Waals surface area contributed by atoms with Crippen LogP contribution in [0.3, 0.4) is 0 Å². The summed E-state index contributed by atoms with van der Waals surface area (Å²) >= 11 is 1.58. The third-order valence-electron chi connectivity index (χ3n) is 5.27. The van der Waals surface area contributed by atoms with E-state index in [4.69, 9.17) is 4.74 Å². The molecule has 0 saturated carbocycles. The van der Waals surface area contributed by atoms with Gasteiger partial charge in [-0.1, -0.05) is 0 Å². The number of ether oxygens (including phenoxy) is 1. The zero-order chi connectivity index (χ0) is 23.6. The molecule has 9 nitrogen and oxygen atoms in total. The van der Waals surface area contributed by atoms with Gasteiger partial charge in [0.2, 0.25) is 10.0 Å². The molecule has 0 bridgehead atoms. The number of aromatic nitrogens is 1. The minimum Gasteiger partial charge on any atom is -0.450 e. The number of rotatable bonds is 5. The van der Waals surface area contributed by atoms with Crippen molar-refractivity contribution in [2.75, 3.05) is 38.1 Å². The second-order valence-corrected chi connectivity index (χ2v) is 10.7. The first-order chi connectivity index (χ1) is 15.8. The molecule has 4 rings (SSSR count). The second-order valence-electron chi connectivity index (χ2n) is 7.48. The van der Waals surface area contributed by atoms with Crippen LogP contribution in [0, 0.1) is 6.92 Å². The van der Waals surface area contributed by atoms with Crippen LogP contribution in [-0.4, -0.2) is 67.4 Å². The highest BCUT2D eigenvalue weighted by Crippen LogP contribution is 2.25. The molecule has 33 heavy (non-hydrogen) atoms. The van der Waals surface area contributed by atoms with Gasteiger partial charge in [0.1, 0.15) is 0 Å². The van der Waals surface area contributed by atoms with E-state index in [1.54, 1.807) is 18.3 Å². The number of carbonyl (C=O) groups is 2. The molecule has 0 atom stereocenters. The molecule has 2 heterocycles. The molecule has 2 aromatic carbocycles. The summed E-state index contributed by atoms with van der Waals surface area (Å²) < 4.78 is 33.3. The van der Waals surface area contributed by atoms with Crippen LogP contribution < -0.4 is 5.32 Å². The molecule has 0 spiro atoms. The highest BCUT2D eigenvalue weighted by atomic mass is 32.2. The molecule has 0 radical (unpaired) electrons. The van der Waals surface area contributed by atoms with Crippen LogP contribution >= 0.6 is 11.3 Å². The number of nitrogens with zero attached hydrogens (tertiary/aromatic N) is 3. The van der Waals surface area contributed by atoms with Crippen LogP contribution in [-0.2, 0) is 14.8 Å². The van der Waals surface area contributed by atoms with Gasteiger partial charge >= 0.3 is 6.09 Å². The van der Waals surface area contributed by atoms with E-state index < -0.39 is 16.1 Å². The third kappa shape index (κ3) is 5.00. The minimum absolute atomic E-state index is 0.100. The Bertz CT molecular complexity index is 1280. The van der Waals surface area contributed by atoms with Crippen molar-refractivity contribution >= 4 is 49.3 Å². The van der Waals surface area contributed by atoms with Crippen molar-refractivity contribution in [3.8, 4) is 0 Å². The average Bonchev–Trinajstić information content (AvgIpc) is 3.18. The SMILES string of the molecule is CCOC(=O)N1CCN(S(=O)(=O)c2ccc(C(=O)Nc3ccc4sc(C)nc4c3)cc2)CC1. The Labute approximate surface area is 196 Å². The number of carbonyl (C=O) groups excluding carboxylic acids is 2. The van der Waals surface area contributed by atoms with Crippen molar-refractivity contribution in [2.24, 2.45) is 0 Å². The lowest BCUT2D eigenvalue weighted by molar-refractivity contribution is 0.0933. The number of fused-ring (bicyclic) bond motifs is 1. The van der Waals surface area contributed by atoms with Crippen LogP contribution in [0.4, 0.5) is 10.5 Å². The maximum Gasteiger partial charge on any atom is 0.409 e. The number of nitrogens with one attached hydrogen (secondary N) is 1. The van der Waals surface area contributed by atoms with Gasteiger partial charge in [0.15, 0.2) is 0 Å². The summed E-state index contributed by atoms with van der Waals surface area (Å²) in [5.41, 5.74) is 1.78. The molecule has 3 aromatic rings. The van der Waals surface area contributed by atoms with Crippen LogP contribution in [0.25, 0.3) is 10.2 Å². The fourth-order valence-corrected chi connectivity index (χ4v) is 5.81. The average molecular weight is 489 g/mol. The van der Waals surface area contributed by atoms with Gasteiger partial charge in [0.05, 0.1) is 26.7 Å². The van der Waals surface area contributed by atoms with Crippen molar-refractivity contribution in [2.45, 2.75) is 18.7 Å². The van der Waals surface area contributed by atoms with Gasteiger partial charge < -0.3 is 15.0 Å². The largest absolute Gasteiger partial charge is 0.450 e. The number of hydrogen-bond donors (Lipinski definition) is 1. The van der Waals surface area contributed by atoms with Crippen molar-refractivity contribution in [3.63, 3.8) is 0 Å². The smallest absolute Gasteiger partial charge is 0.409 e. The highest BCUT2D eigenvalue weighted by Gasteiger charge is 2.30. The molecule has 1 saturated heterocycles. The number of thiazole rings is 1. The Morgan fingerprint density at radius 2 is 1.79 bits per heavy atom. The van der Waals surface area contributed by atoms with Gasteiger partial charge in [-0.2, -0.15) is 4.31 Å². The Kier molecular flexibility index (Phi) is 6.63. The number of aryl methyl sites for hydroxylation is 1. The van der Waals surface area contributed by atoms with Crippen molar-refractivity contribution in [1.29, 1.82) is 0 Å². The number of benzene rings is 2. The predicted molar refractivity (Wildman–Crippen MR) is 126 cm³/mol. The number of piperazine rings is 1. The van der Waals surface area contributed by atoms with Crippen molar-refractivity contribution in [1.82, 2.24) is 14.2 Å². The molecule has 1 aromatic heterocycles. The molecule has 1 aliphatic rings. The fourth-order valence-electron chi connectivity index (χ4n) is 3.58. The van der Waals surface area contributed by atoms with Crippen molar-refractivity contribution < 1.29 is 22.7 Å². The lowest BCUT2D eigenvalue weighted by Crippen LogP contribution is -2.50. The first-order valence-corrected chi connectivity index (χ1v) is 12.7. The molecule has 0 aliphatic carbocycles. The van der Waals surface area contributed by atoms with E-state index >= 15 is 0 Å². The summed E-state index contributed by atoms with van der Waals surface area (Å²) in [4.78, 5) is 30.5. The number of amides is 2. The summed E-state index contributed by atoms with van der Waals surface area (Å²) in [7, 11) is -3.73. The lowest BCUT2D eigenvalue weighted by atomic mass is 10.2. The van der Waals surface area contributed by atoms with E-state index in [0.29, 0.717) is 11.3 Å². The van der Waals surface area contributed by atoms with Gasteiger partial charge in [-0.15, -0.1) is 11.3 Å². The minimum atomic E-state index is -3.73. The Morgan fingerprint density at radius 1 is 1.09 bits per heavy atom.